The molecule has 1 N–H and O–H groups in total. The molecule has 5 nitrogen and oxygen atoms in total. The average molecular weight is 380 g/mol. The second kappa shape index (κ2) is 7.11. The van der Waals surface area contributed by atoms with E-state index in [9.17, 15) is 22.8 Å². The molecule has 0 bridgehead atoms. The summed E-state index contributed by atoms with van der Waals surface area (Å²) in [5.74, 6) is -2.42. The third-order valence-electron chi connectivity index (χ3n) is 4.29. The van der Waals surface area contributed by atoms with Crippen molar-refractivity contribution in [2.24, 2.45) is 5.41 Å². The normalized spacial score (nSPS) is 21.9. The van der Waals surface area contributed by atoms with Crippen LogP contribution in [0.1, 0.15) is 19.8 Å². The molecule has 0 saturated carbocycles. The maximum absolute atomic E-state index is 13.2. The van der Waals surface area contributed by atoms with Crippen LogP contribution in [0.5, 0.6) is 5.75 Å². The highest BCUT2D eigenvalue weighted by Gasteiger charge is 2.64. The fraction of sp³-hybridized carbons (Fsp3) is 0.500. The van der Waals surface area contributed by atoms with Crippen LogP contribution in [0.4, 0.5) is 13.2 Å². The molecule has 0 spiro atoms. The Morgan fingerprint density at radius 1 is 1.40 bits per heavy atom. The minimum Gasteiger partial charge on any atom is -0.481 e. The molecule has 1 aliphatic rings. The van der Waals surface area contributed by atoms with E-state index in [1.54, 1.807) is 31.2 Å². The van der Waals surface area contributed by atoms with Crippen LogP contribution in [-0.4, -0.2) is 47.3 Å². The molecule has 1 fully saturated rings. The number of hydrogen-bond acceptors (Lipinski definition) is 3. The van der Waals surface area contributed by atoms with Crippen LogP contribution in [0.3, 0.4) is 0 Å². The summed E-state index contributed by atoms with van der Waals surface area (Å²) in [6.45, 7) is 0.420. The number of nitrogens with zero attached hydrogens (tertiary/aromatic N) is 1. The fourth-order valence-electron chi connectivity index (χ4n) is 2.73. The number of carbonyl (C=O) groups is 2. The number of likely N-dealkylation sites (tertiary alicyclic amines) is 1. The Bertz CT molecular complexity index is 667. The maximum Gasteiger partial charge on any atom is 0.406 e. The molecule has 1 aliphatic heterocycles. The first kappa shape index (κ1) is 19.4. The summed E-state index contributed by atoms with van der Waals surface area (Å²) in [5.41, 5.74) is -2.94. The monoisotopic (exact) mass is 379 g/mol. The van der Waals surface area contributed by atoms with Crippen LogP contribution in [-0.2, 0) is 9.59 Å². The molecule has 1 aromatic carbocycles. The zero-order valence-corrected chi connectivity index (χ0v) is 14.1. The van der Waals surface area contributed by atoms with Crippen LogP contribution in [0, 0.1) is 5.41 Å². The molecular weight excluding hydrogens is 363 g/mol. The number of aliphatic carboxylic acids is 1. The molecule has 1 aromatic rings. The Balaban J connectivity index is 2.17. The van der Waals surface area contributed by atoms with Crippen molar-refractivity contribution < 1.29 is 32.6 Å². The lowest BCUT2D eigenvalue weighted by Crippen LogP contribution is -2.49. The summed E-state index contributed by atoms with van der Waals surface area (Å²) in [4.78, 5) is 24.6. The van der Waals surface area contributed by atoms with Crippen molar-refractivity contribution in [2.45, 2.75) is 32.0 Å². The van der Waals surface area contributed by atoms with Crippen molar-refractivity contribution in [3.05, 3.63) is 29.3 Å². The van der Waals surface area contributed by atoms with Gasteiger partial charge < -0.3 is 14.7 Å². The largest absolute Gasteiger partial charge is 0.481 e. The molecule has 0 aliphatic carbocycles. The minimum atomic E-state index is -4.95. The molecule has 2 rings (SSSR count). The number of carboxylic acids is 1. The summed E-state index contributed by atoms with van der Waals surface area (Å²) in [6, 6.07) is 6.42. The number of amides is 1. The van der Waals surface area contributed by atoms with Crippen LogP contribution in [0.2, 0.25) is 5.02 Å². The summed E-state index contributed by atoms with van der Waals surface area (Å²) in [5, 5.41) is 9.33. The quantitative estimate of drug-likeness (QED) is 0.851. The molecule has 1 heterocycles. The Kier molecular flexibility index (Phi) is 5.51. The standard InChI is InChI=1S/C16H17ClF3NO4/c1-2-11(25-12-6-4-3-5-10(12)17)13(22)21-8-7-15(9-21,14(23)24)16(18,19)20/h3-6,11H,2,7-9H2,1H3,(H,23,24). The molecule has 9 heteroatoms. The van der Waals surface area contributed by atoms with E-state index in [-0.39, 0.29) is 23.7 Å². The van der Waals surface area contributed by atoms with Gasteiger partial charge in [-0.3, -0.25) is 9.59 Å². The molecule has 25 heavy (non-hydrogen) atoms. The van der Waals surface area contributed by atoms with Crippen molar-refractivity contribution in [2.75, 3.05) is 13.1 Å². The summed E-state index contributed by atoms with van der Waals surface area (Å²) in [6.07, 6.45) is -6.47. The number of rotatable bonds is 5. The first-order chi connectivity index (χ1) is 11.6. The predicted octanol–water partition coefficient (Wildman–Crippen LogP) is 3.36. The van der Waals surface area contributed by atoms with Gasteiger partial charge >= 0.3 is 12.1 Å². The van der Waals surface area contributed by atoms with E-state index in [0.29, 0.717) is 0 Å². The van der Waals surface area contributed by atoms with Gasteiger partial charge in [-0.2, -0.15) is 13.2 Å². The van der Waals surface area contributed by atoms with Crippen molar-refractivity contribution >= 4 is 23.5 Å². The predicted molar refractivity (Wildman–Crippen MR) is 83.5 cm³/mol. The summed E-state index contributed by atoms with van der Waals surface area (Å²) in [7, 11) is 0. The number of para-hydroxylation sites is 1. The van der Waals surface area contributed by atoms with E-state index in [4.69, 9.17) is 21.4 Å². The molecular formula is C16H17ClF3NO4. The van der Waals surface area contributed by atoms with Crippen molar-refractivity contribution in [1.29, 1.82) is 0 Å². The van der Waals surface area contributed by atoms with Crippen molar-refractivity contribution in [3.63, 3.8) is 0 Å². The Morgan fingerprint density at radius 3 is 2.52 bits per heavy atom. The lowest BCUT2D eigenvalue weighted by atomic mass is 9.86. The van der Waals surface area contributed by atoms with Gasteiger partial charge in [-0.1, -0.05) is 30.7 Å². The van der Waals surface area contributed by atoms with Gasteiger partial charge in [0.2, 0.25) is 0 Å². The van der Waals surface area contributed by atoms with E-state index < -0.39 is 42.5 Å². The molecule has 2 unspecified atom stereocenters. The van der Waals surface area contributed by atoms with Gasteiger partial charge in [0.15, 0.2) is 11.5 Å². The Labute approximate surface area is 147 Å². The summed E-state index contributed by atoms with van der Waals surface area (Å²) >= 11 is 5.96. The number of carboxylic acid groups (broad SMARTS) is 1. The van der Waals surface area contributed by atoms with Gasteiger partial charge in [-0.25, -0.2) is 0 Å². The van der Waals surface area contributed by atoms with Crippen molar-refractivity contribution in [3.8, 4) is 5.75 Å². The first-order valence-corrected chi connectivity index (χ1v) is 8.00. The zero-order chi connectivity index (χ0) is 18.8. The van der Waals surface area contributed by atoms with E-state index in [2.05, 4.69) is 0 Å². The molecule has 0 aromatic heterocycles. The van der Waals surface area contributed by atoms with Crippen molar-refractivity contribution in [1.82, 2.24) is 4.90 Å². The number of hydrogen-bond donors (Lipinski definition) is 1. The molecule has 2 atom stereocenters. The highest BCUT2D eigenvalue weighted by Crippen LogP contribution is 2.46. The SMILES string of the molecule is CCC(Oc1ccccc1Cl)C(=O)N1CCC(C(=O)O)(C(F)(F)F)C1. The summed E-state index contributed by atoms with van der Waals surface area (Å²) < 4.78 is 45.2. The zero-order valence-electron chi connectivity index (χ0n) is 13.3. The number of carbonyl (C=O) groups excluding carboxylic acids is 1. The van der Waals surface area contributed by atoms with Gasteiger partial charge in [0.05, 0.1) is 5.02 Å². The van der Waals surface area contributed by atoms with Crippen LogP contribution < -0.4 is 4.74 Å². The first-order valence-electron chi connectivity index (χ1n) is 7.62. The second-order valence-corrected chi connectivity index (χ2v) is 6.25. The number of ether oxygens (including phenoxy) is 1. The lowest BCUT2D eigenvalue weighted by molar-refractivity contribution is -0.227. The highest BCUT2D eigenvalue weighted by molar-refractivity contribution is 6.32. The Morgan fingerprint density at radius 2 is 2.04 bits per heavy atom. The maximum atomic E-state index is 13.2. The molecule has 0 radical (unpaired) electrons. The smallest absolute Gasteiger partial charge is 0.406 e. The third kappa shape index (κ3) is 3.68. The van der Waals surface area contributed by atoms with E-state index in [0.717, 1.165) is 4.90 Å². The fourth-order valence-corrected chi connectivity index (χ4v) is 2.91. The lowest BCUT2D eigenvalue weighted by Gasteiger charge is -2.28. The van der Waals surface area contributed by atoms with Gasteiger partial charge in [0.25, 0.3) is 5.91 Å². The average Bonchev–Trinajstić information content (AvgIpc) is 3.00. The highest BCUT2D eigenvalue weighted by atomic mass is 35.5. The van der Waals surface area contributed by atoms with Crippen LogP contribution in [0.25, 0.3) is 0 Å². The van der Waals surface area contributed by atoms with Gasteiger partial charge in [0, 0.05) is 13.1 Å². The Hall–Kier alpha value is -1.96. The van der Waals surface area contributed by atoms with E-state index in [1.807, 2.05) is 0 Å². The molecule has 138 valence electrons. The topological polar surface area (TPSA) is 66.8 Å². The van der Waals surface area contributed by atoms with Gasteiger partial charge in [-0.15, -0.1) is 0 Å². The second-order valence-electron chi connectivity index (χ2n) is 5.84. The molecule has 1 saturated heterocycles. The minimum absolute atomic E-state index is 0.201. The number of benzene rings is 1. The van der Waals surface area contributed by atoms with Crippen LogP contribution >= 0.6 is 11.6 Å². The third-order valence-corrected chi connectivity index (χ3v) is 4.60. The molecule has 1 amide bonds. The number of alkyl halides is 3. The number of halogens is 4. The van der Waals surface area contributed by atoms with Crippen LogP contribution in [0.15, 0.2) is 24.3 Å². The van der Waals surface area contributed by atoms with Gasteiger partial charge in [0.1, 0.15) is 5.75 Å². The van der Waals surface area contributed by atoms with E-state index in [1.165, 1.54) is 0 Å². The van der Waals surface area contributed by atoms with Gasteiger partial charge in [-0.05, 0) is 25.0 Å². The van der Waals surface area contributed by atoms with E-state index >= 15 is 0 Å².